The molecule has 9 heteroatoms. The van der Waals surface area contributed by atoms with Crippen LogP contribution in [0.4, 0.5) is 0 Å². The number of carbonyl (C=O) groups is 2. The number of rotatable bonds is 5. The standard InChI is InChI=1S/C15H14BrNO5S2/c1-17-14(19)12(24-15(17)23)5-8-4-10(20-2)11(6-9(8)16)22-7-13(18)21-3/h4-6H,7H2,1-3H3/b12-5-. The second-order valence-electron chi connectivity index (χ2n) is 4.63. The lowest BCUT2D eigenvalue weighted by Gasteiger charge is -2.12. The van der Waals surface area contributed by atoms with Gasteiger partial charge in [0.25, 0.3) is 5.91 Å². The highest BCUT2D eigenvalue weighted by molar-refractivity contribution is 9.10. The fourth-order valence-corrected chi connectivity index (χ4v) is 3.42. The first kappa shape index (κ1) is 18.8. The minimum atomic E-state index is -0.496. The SMILES string of the molecule is COC(=O)COc1cc(Br)c(/C=C2\SC(=S)N(C)C2=O)cc1OC. The van der Waals surface area contributed by atoms with Gasteiger partial charge in [0.1, 0.15) is 4.32 Å². The average molecular weight is 432 g/mol. The Labute approximate surface area is 157 Å². The molecule has 1 aromatic carbocycles. The summed E-state index contributed by atoms with van der Waals surface area (Å²) in [4.78, 5) is 25.2. The molecule has 0 saturated carbocycles. The Hall–Kier alpha value is -1.58. The van der Waals surface area contributed by atoms with E-state index in [9.17, 15) is 9.59 Å². The molecule has 1 heterocycles. The van der Waals surface area contributed by atoms with Gasteiger partial charge in [-0.05, 0) is 23.8 Å². The van der Waals surface area contributed by atoms with Crippen LogP contribution in [0.5, 0.6) is 11.5 Å². The molecule has 0 unspecified atom stereocenters. The molecule has 1 aromatic rings. The van der Waals surface area contributed by atoms with E-state index in [0.29, 0.717) is 25.2 Å². The first-order valence-corrected chi connectivity index (χ1v) is 8.67. The lowest BCUT2D eigenvalue weighted by molar-refractivity contribution is -0.142. The normalized spacial score (nSPS) is 15.8. The van der Waals surface area contributed by atoms with Crippen molar-refractivity contribution in [3.63, 3.8) is 0 Å². The molecule has 0 aromatic heterocycles. The number of hydrogen-bond acceptors (Lipinski definition) is 7. The molecule has 128 valence electrons. The summed E-state index contributed by atoms with van der Waals surface area (Å²) in [5.41, 5.74) is 0.728. The van der Waals surface area contributed by atoms with Crippen molar-refractivity contribution in [2.75, 3.05) is 27.9 Å². The van der Waals surface area contributed by atoms with Gasteiger partial charge in [-0.15, -0.1) is 0 Å². The van der Waals surface area contributed by atoms with Gasteiger partial charge in [0, 0.05) is 11.5 Å². The van der Waals surface area contributed by atoms with Crippen LogP contribution in [0, 0.1) is 0 Å². The number of halogens is 1. The van der Waals surface area contributed by atoms with Gasteiger partial charge in [-0.3, -0.25) is 9.69 Å². The number of ether oxygens (including phenoxy) is 3. The van der Waals surface area contributed by atoms with Gasteiger partial charge >= 0.3 is 5.97 Å². The molecule has 24 heavy (non-hydrogen) atoms. The van der Waals surface area contributed by atoms with E-state index < -0.39 is 5.97 Å². The molecule has 0 aliphatic carbocycles. The lowest BCUT2D eigenvalue weighted by atomic mass is 10.2. The Bertz CT molecular complexity index is 735. The number of thioether (sulfide) groups is 1. The second kappa shape index (κ2) is 8.00. The first-order valence-electron chi connectivity index (χ1n) is 6.66. The Balaban J connectivity index is 2.31. The fraction of sp³-hybridized carbons (Fsp3) is 0.267. The van der Waals surface area contributed by atoms with E-state index >= 15 is 0 Å². The minimum Gasteiger partial charge on any atom is -0.493 e. The first-order chi connectivity index (χ1) is 11.4. The van der Waals surface area contributed by atoms with E-state index in [0.717, 1.165) is 5.56 Å². The number of likely N-dealkylation sites (N-methyl/N-ethyl adjacent to an activating group) is 1. The predicted octanol–water partition coefficient (Wildman–Crippen LogP) is 2.84. The molecule has 0 N–H and O–H groups in total. The molecular weight excluding hydrogens is 418 g/mol. The van der Waals surface area contributed by atoms with E-state index in [1.807, 2.05) is 0 Å². The predicted molar refractivity (Wildman–Crippen MR) is 99.1 cm³/mol. The highest BCUT2D eigenvalue weighted by Gasteiger charge is 2.29. The number of esters is 1. The Morgan fingerprint density at radius 2 is 2.08 bits per heavy atom. The molecule has 1 aliphatic rings. The molecule has 0 spiro atoms. The van der Waals surface area contributed by atoms with E-state index in [-0.39, 0.29) is 12.5 Å². The maximum Gasteiger partial charge on any atom is 0.343 e. The second-order valence-corrected chi connectivity index (χ2v) is 7.16. The molecule has 2 rings (SSSR count). The average Bonchev–Trinajstić information content (AvgIpc) is 2.81. The summed E-state index contributed by atoms with van der Waals surface area (Å²) in [6.07, 6.45) is 1.72. The molecule has 1 amide bonds. The van der Waals surface area contributed by atoms with Crippen LogP contribution in [0.2, 0.25) is 0 Å². The monoisotopic (exact) mass is 431 g/mol. The van der Waals surface area contributed by atoms with Gasteiger partial charge in [0.15, 0.2) is 18.1 Å². The molecule has 0 radical (unpaired) electrons. The summed E-state index contributed by atoms with van der Waals surface area (Å²) in [6, 6.07) is 3.37. The quantitative estimate of drug-likeness (QED) is 0.403. The summed E-state index contributed by atoms with van der Waals surface area (Å²) < 4.78 is 16.4. The Morgan fingerprint density at radius 1 is 1.38 bits per heavy atom. The summed E-state index contributed by atoms with van der Waals surface area (Å²) in [5.74, 6) is 0.168. The van der Waals surface area contributed by atoms with Crippen molar-refractivity contribution in [2.24, 2.45) is 0 Å². The summed E-state index contributed by atoms with van der Waals surface area (Å²) in [6.45, 7) is -0.229. The van der Waals surface area contributed by atoms with E-state index in [1.165, 1.54) is 30.9 Å². The molecule has 0 bridgehead atoms. The zero-order valence-corrected chi connectivity index (χ0v) is 16.3. The number of nitrogens with zero attached hydrogens (tertiary/aromatic N) is 1. The van der Waals surface area contributed by atoms with Crippen molar-refractivity contribution >= 4 is 62.2 Å². The molecule has 0 atom stereocenters. The Kier molecular flexibility index (Phi) is 6.25. The number of thiocarbonyl (C=S) groups is 1. The van der Waals surface area contributed by atoms with Gasteiger partial charge in [-0.2, -0.15) is 0 Å². The summed E-state index contributed by atoms with van der Waals surface area (Å²) >= 11 is 9.78. The fourth-order valence-electron chi connectivity index (χ4n) is 1.82. The zero-order chi connectivity index (χ0) is 17.9. The summed E-state index contributed by atoms with van der Waals surface area (Å²) in [5, 5.41) is 0. The Morgan fingerprint density at radius 3 is 2.62 bits per heavy atom. The van der Waals surface area contributed by atoms with Crippen molar-refractivity contribution in [2.45, 2.75) is 0 Å². The zero-order valence-electron chi connectivity index (χ0n) is 13.1. The lowest BCUT2D eigenvalue weighted by Crippen LogP contribution is -2.22. The van der Waals surface area contributed by atoms with Crippen molar-refractivity contribution in [1.82, 2.24) is 4.90 Å². The van der Waals surface area contributed by atoms with Crippen LogP contribution in [0.1, 0.15) is 5.56 Å². The van der Waals surface area contributed by atoms with Crippen molar-refractivity contribution in [3.05, 3.63) is 27.1 Å². The highest BCUT2D eigenvalue weighted by Crippen LogP contribution is 2.37. The number of hydrogen-bond donors (Lipinski definition) is 0. The van der Waals surface area contributed by atoms with Gasteiger partial charge in [0.05, 0.1) is 19.1 Å². The number of carbonyl (C=O) groups excluding carboxylic acids is 2. The van der Waals surface area contributed by atoms with Crippen LogP contribution in [0.15, 0.2) is 21.5 Å². The van der Waals surface area contributed by atoms with E-state index in [4.69, 9.17) is 21.7 Å². The van der Waals surface area contributed by atoms with Crippen molar-refractivity contribution in [3.8, 4) is 11.5 Å². The largest absolute Gasteiger partial charge is 0.493 e. The van der Waals surface area contributed by atoms with Gasteiger partial charge in [-0.1, -0.05) is 39.9 Å². The van der Waals surface area contributed by atoms with Crippen LogP contribution < -0.4 is 9.47 Å². The van der Waals surface area contributed by atoms with Gasteiger partial charge in [0.2, 0.25) is 0 Å². The van der Waals surface area contributed by atoms with Crippen LogP contribution in [0.25, 0.3) is 6.08 Å². The third-order valence-electron chi connectivity index (χ3n) is 3.13. The van der Waals surface area contributed by atoms with Crippen LogP contribution in [-0.4, -0.2) is 49.0 Å². The van der Waals surface area contributed by atoms with Gasteiger partial charge < -0.3 is 14.2 Å². The molecular formula is C15H14BrNO5S2. The number of amides is 1. The number of methoxy groups -OCH3 is 2. The maximum atomic E-state index is 12.1. The van der Waals surface area contributed by atoms with Crippen LogP contribution in [-0.2, 0) is 14.3 Å². The van der Waals surface area contributed by atoms with Crippen LogP contribution >= 0.6 is 39.9 Å². The number of benzene rings is 1. The van der Waals surface area contributed by atoms with E-state index in [1.54, 1.807) is 25.3 Å². The molecule has 6 nitrogen and oxygen atoms in total. The third-order valence-corrected chi connectivity index (χ3v) is 5.30. The van der Waals surface area contributed by atoms with Crippen LogP contribution in [0.3, 0.4) is 0 Å². The topological polar surface area (TPSA) is 65.1 Å². The van der Waals surface area contributed by atoms with Crippen molar-refractivity contribution in [1.29, 1.82) is 0 Å². The summed E-state index contributed by atoms with van der Waals surface area (Å²) in [7, 11) is 4.41. The molecule has 1 fully saturated rings. The third kappa shape index (κ3) is 4.08. The maximum absolute atomic E-state index is 12.1. The van der Waals surface area contributed by atoms with E-state index in [2.05, 4.69) is 20.7 Å². The van der Waals surface area contributed by atoms with Crippen molar-refractivity contribution < 1.29 is 23.8 Å². The smallest absolute Gasteiger partial charge is 0.343 e. The molecule has 1 aliphatic heterocycles. The van der Waals surface area contributed by atoms with Gasteiger partial charge in [-0.25, -0.2) is 4.79 Å². The highest BCUT2D eigenvalue weighted by atomic mass is 79.9. The minimum absolute atomic E-state index is 0.151. The molecule has 1 saturated heterocycles.